The molecule has 0 saturated carbocycles. The van der Waals surface area contributed by atoms with Crippen molar-refractivity contribution in [1.29, 1.82) is 0 Å². The fraction of sp³-hybridized carbons (Fsp3) is 0.278. The van der Waals surface area contributed by atoms with Gasteiger partial charge in [-0.3, -0.25) is 4.79 Å². The Hall–Kier alpha value is -1.71. The van der Waals surface area contributed by atoms with Crippen LogP contribution in [0.4, 0.5) is 0 Å². The van der Waals surface area contributed by atoms with Gasteiger partial charge >= 0.3 is 0 Å². The van der Waals surface area contributed by atoms with Crippen LogP contribution in [0, 0.1) is 0 Å². The number of rotatable bonds is 7. The molecule has 2 rings (SSSR count). The van der Waals surface area contributed by atoms with Gasteiger partial charge in [0.1, 0.15) is 0 Å². The fourth-order valence-corrected chi connectivity index (χ4v) is 2.62. The maximum Gasteiger partial charge on any atom is 0.251 e. The van der Waals surface area contributed by atoms with E-state index in [2.05, 4.69) is 12.2 Å². The molecule has 1 N–H and O–H groups in total. The maximum atomic E-state index is 12.2. The number of hydrogen-bond donors (Lipinski definition) is 1. The number of carbonyl (C=O) groups excluding carboxylic acids is 1. The van der Waals surface area contributed by atoms with E-state index in [4.69, 9.17) is 27.9 Å². The van der Waals surface area contributed by atoms with Crippen molar-refractivity contribution in [3.63, 3.8) is 0 Å². The summed E-state index contributed by atoms with van der Waals surface area (Å²) in [4.78, 5) is 12.2. The zero-order valence-electron chi connectivity index (χ0n) is 12.9. The molecule has 0 radical (unpaired) electrons. The Labute approximate surface area is 146 Å². The van der Waals surface area contributed by atoms with Crippen LogP contribution >= 0.6 is 23.2 Å². The molecule has 122 valence electrons. The Bertz CT molecular complexity index is 636. The first-order valence-corrected chi connectivity index (χ1v) is 8.31. The number of ether oxygens (including phenoxy) is 1. The van der Waals surface area contributed by atoms with E-state index in [-0.39, 0.29) is 5.91 Å². The molecule has 0 aliphatic rings. The lowest BCUT2D eigenvalue weighted by atomic mass is 10.2. The molecule has 3 nitrogen and oxygen atoms in total. The van der Waals surface area contributed by atoms with Gasteiger partial charge in [0, 0.05) is 12.1 Å². The third-order valence-corrected chi connectivity index (χ3v) is 3.86. The molecule has 0 bridgehead atoms. The van der Waals surface area contributed by atoms with Crippen molar-refractivity contribution in [1.82, 2.24) is 5.32 Å². The van der Waals surface area contributed by atoms with Crippen LogP contribution in [0.15, 0.2) is 42.5 Å². The van der Waals surface area contributed by atoms with Crippen molar-refractivity contribution in [2.75, 3.05) is 6.61 Å². The first-order chi connectivity index (χ1) is 11.1. The molecule has 5 heteroatoms. The normalized spacial score (nSPS) is 10.4. The summed E-state index contributed by atoms with van der Waals surface area (Å²) in [6.07, 6.45) is 1.95. The van der Waals surface area contributed by atoms with Crippen molar-refractivity contribution in [3.8, 4) is 5.75 Å². The van der Waals surface area contributed by atoms with E-state index in [9.17, 15) is 4.79 Å². The number of unbranched alkanes of at least 4 members (excludes halogenated alkanes) is 1. The van der Waals surface area contributed by atoms with Gasteiger partial charge in [0.25, 0.3) is 5.91 Å². The summed E-state index contributed by atoms with van der Waals surface area (Å²) in [7, 11) is 0. The smallest absolute Gasteiger partial charge is 0.251 e. The lowest BCUT2D eigenvalue weighted by Gasteiger charge is -2.12. The van der Waals surface area contributed by atoms with Crippen molar-refractivity contribution in [3.05, 3.63) is 63.6 Å². The fourth-order valence-electron chi connectivity index (χ4n) is 2.03. The molecular formula is C18H19Cl2NO2. The summed E-state index contributed by atoms with van der Waals surface area (Å²) in [6.45, 7) is 3.08. The van der Waals surface area contributed by atoms with E-state index in [1.807, 2.05) is 30.3 Å². The van der Waals surface area contributed by atoms with E-state index in [0.717, 1.165) is 18.4 Å². The molecule has 0 aromatic heterocycles. The molecule has 23 heavy (non-hydrogen) atoms. The number of hydrogen-bond acceptors (Lipinski definition) is 2. The average molecular weight is 352 g/mol. The Morgan fingerprint density at radius 2 is 1.78 bits per heavy atom. The zero-order valence-corrected chi connectivity index (χ0v) is 14.5. The number of carbonyl (C=O) groups is 1. The highest BCUT2D eigenvalue weighted by atomic mass is 35.5. The first-order valence-electron chi connectivity index (χ1n) is 7.55. The first kappa shape index (κ1) is 17.6. The van der Waals surface area contributed by atoms with Crippen LogP contribution in [0.2, 0.25) is 10.0 Å². The van der Waals surface area contributed by atoms with Gasteiger partial charge in [0.2, 0.25) is 0 Å². The largest absolute Gasteiger partial charge is 0.490 e. The molecule has 0 fully saturated rings. The molecule has 0 aliphatic heterocycles. The highest BCUT2D eigenvalue weighted by Crippen LogP contribution is 2.34. The molecule has 0 saturated heterocycles. The standard InChI is InChI=1S/C18H19Cl2NO2/c1-2-3-9-23-17-15(19)10-14(11-16(17)20)18(22)21-12-13-7-5-4-6-8-13/h4-8,10-11H,2-3,9,12H2,1H3,(H,21,22). The zero-order chi connectivity index (χ0) is 16.7. The minimum atomic E-state index is -0.224. The monoisotopic (exact) mass is 351 g/mol. The minimum absolute atomic E-state index is 0.224. The lowest BCUT2D eigenvalue weighted by Crippen LogP contribution is -2.22. The highest BCUT2D eigenvalue weighted by molar-refractivity contribution is 6.37. The third kappa shape index (κ3) is 5.15. The van der Waals surface area contributed by atoms with E-state index in [1.165, 1.54) is 0 Å². The maximum absolute atomic E-state index is 12.2. The molecule has 0 unspecified atom stereocenters. The minimum Gasteiger partial charge on any atom is -0.490 e. The molecule has 0 spiro atoms. The number of amides is 1. The van der Waals surface area contributed by atoms with Crippen LogP contribution in [0.1, 0.15) is 35.7 Å². The molecule has 1 amide bonds. The summed E-state index contributed by atoms with van der Waals surface area (Å²) >= 11 is 12.4. The SMILES string of the molecule is CCCCOc1c(Cl)cc(C(=O)NCc2ccccc2)cc1Cl. The predicted molar refractivity (Wildman–Crippen MR) is 94.5 cm³/mol. The van der Waals surface area contributed by atoms with Gasteiger partial charge in [-0.25, -0.2) is 0 Å². The average Bonchev–Trinajstić information content (AvgIpc) is 2.56. The number of nitrogens with one attached hydrogen (secondary N) is 1. The van der Waals surface area contributed by atoms with E-state index < -0.39 is 0 Å². The van der Waals surface area contributed by atoms with Crippen molar-refractivity contribution in [2.24, 2.45) is 0 Å². The van der Waals surface area contributed by atoms with Crippen LogP contribution in [0.5, 0.6) is 5.75 Å². The summed E-state index contributed by atoms with van der Waals surface area (Å²) in [5.41, 5.74) is 1.44. The van der Waals surface area contributed by atoms with Gasteiger partial charge in [-0.05, 0) is 24.1 Å². The van der Waals surface area contributed by atoms with Gasteiger partial charge in [0.15, 0.2) is 5.75 Å². The number of halogens is 2. The Balaban J connectivity index is 2.03. The Kier molecular flexibility index (Phi) is 6.75. The van der Waals surface area contributed by atoms with Crippen molar-refractivity contribution >= 4 is 29.1 Å². The molecule has 0 heterocycles. The second-order valence-electron chi connectivity index (χ2n) is 5.14. The molecule has 2 aromatic rings. The Morgan fingerprint density at radius 3 is 2.39 bits per heavy atom. The van der Waals surface area contributed by atoms with Gasteiger partial charge in [-0.1, -0.05) is 66.9 Å². The van der Waals surface area contributed by atoms with Crippen LogP contribution in [-0.2, 0) is 6.54 Å². The van der Waals surface area contributed by atoms with Crippen LogP contribution < -0.4 is 10.1 Å². The topological polar surface area (TPSA) is 38.3 Å². The molecule has 0 aliphatic carbocycles. The Morgan fingerprint density at radius 1 is 1.13 bits per heavy atom. The van der Waals surface area contributed by atoms with E-state index in [0.29, 0.717) is 34.5 Å². The third-order valence-electron chi connectivity index (χ3n) is 3.30. The predicted octanol–water partition coefficient (Wildman–Crippen LogP) is 5.10. The van der Waals surface area contributed by atoms with Gasteiger partial charge < -0.3 is 10.1 Å². The van der Waals surface area contributed by atoms with Crippen LogP contribution in [0.3, 0.4) is 0 Å². The lowest BCUT2D eigenvalue weighted by molar-refractivity contribution is 0.0951. The highest BCUT2D eigenvalue weighted by Gasteiger charge is 2.14. The molecule has 0 atom stereocenters. The van der Waals surface area contributed by atoms with Gasteiger partial charge in [-0.15, -0.1) is 0 Å². The summed E-state index contributed by atoms with van der Waals surface area (Å²) in [5, 5.41) is 3.54. The van der Waals surface area contributed by atoms with Crippen molar-refractivity contribution in [2.45, 2.75) is 26.3 Å². The second-order valence-corrected chi connectivity index (χ2v) is 5.95. The van der Waals surface area contributed by atoms with E-state index in [1.54, 1.807) is 12.1 Å². The summed E-state index contributed by atoms with van der Waals surface area (Å²) < 4.78 is 5.58. The van der Waals surface area contributed by atoms with Gasteiger partial charge in [0.05, 0.1) is 16.7 Å². The quantitative estimate of drug-likeness (QED) is 0.704. The van der Waals surface area contributed by atoms with Crippen LogP contribution in [0.25, 0.3) is 0 Å². The number of benzene rings is 2. The van der Waals surface area contributed by atoms with Crippen LogP contribution in [-0.4, -0.2) is 12.5 Å². The molecule has 2 aromatic carbocycles. The summed E-state index contributed by atoms with van der Waals surface area (Å²) in [5.74, 6) is 0.208. The van der Waals surface area contributed by atoms with Crippen molar-refractivity contribution < 1.29 is 9.53 Å². The second kappa shape index (κ2) is 8.80. The summed E-state index contributed by atoms with van der Waals surface area (Å²) in [6, 6.07) is 12.8. The van der Waals surface area contributed by atoms with E-state index >= 15 is 0 Å². The molecular weight excluding hydrogens is 333 g/mol. The van der Waals surface area contributed by atoms with Gasteiger partial charge in [-0.2, -0.15) is 0 Å².